The molecule has 0 aliphatic carbocycles. The molecule has 2 aromatic rings. The first-order valence-corrected chi connectivity index (χ1v) is 10.4. The van der Waals surface area contributed by atoms with E-state index in [0.29, 0.717) is 38.4 Å². The molecule has 0 aromatic carbocycles. The molecular formula is C18H19ClF3N5OS. The maximum atomic E-state index is 12.8. The molecule has 2 saturated heterocycles. The van der Waals surface area contributed by atoms with Crippen molar-refractivity contribution in [1.82, 2.24) is 20.7 Å². The maximum Gasteiger partial charge on any atom is 0.417 e. The minimum absolute atomic E-state index is 0.0164. The van der Waals surface area contributed by atoms with E-state index >= 15 is 0 Å². The maximum absolute atomic E-state index is 12.8. The van der Waals surface area contributed by atoms with Crippen molar-refractivity contribution >= 4 is 34.7 Å². The fraction of sp³-hybridized carbons (Fsp3) is 0.444. The van der Waals surface area contributed by atoms with Crippen LogP contribution < -0.4 is 15.8 Å². The molecule has 2 aromatic heterocycles. The van der Waals surface area contributed by atoms with Gasteiger partial charge in [-0.1, -0.05) is 17.7 Å². The number of anilines is 1. The highest BCUT2D eigenvalue weighted by atomic mass is 35.5. The molecule has 4 rings (SSSR count). The van der Waals surface area contributed by atoms with Gasteiger partial charge in [0, 0.05) is 37.3 Å². The number of hydrogen-bond donors (Lipinski definition) is 2. The van der Waals surface area contributed by atoms with Gasteiger partial charge in [-0.2, -0.15) is 13.2 Å². The number of piperazine rings is 1. The zero-order valence-corrected chi connectivity index (χ0v) is 16.8. The number of hydrazine groups is 1. The highest BCUT2D eigenvalue weighted by Gasteiger charge is 2.35. The second kappa shape index (κ2) is 8.10. The number of carbonyl (C=O) groups is 1. The van der Waals surface area contributed by atoms with Gasteiger partial charge in [0.1, 0.15) is 11.9 Å². The summed E-state index contributed by atoms with van der Waals surface area (Å²) in [5.41, 5.74) is 5.37. The summed E-state index contributed by atoms with van der Waals surface area (Å²) in [6, 6.07) is 4.72. The molecule has 2 unspecified atom stereocenters. The number of rotatable bonds is 3. The van der Waals surface area contributed by atoms with E-state index in [2.05, 4.69) is 15.8 Å². The monoisotopic (exact) mass is 445 g/mol. The molecule has 0 saturated carbocycles. The molecule has 0 bridgehead atoms. The molecule has 4 heterocycles. The van der Waals surface area contributed by atoms with Crippen molar-refractivity contribution in [3.05, 3.63) is 45.2 Å². The largest absolute Gasteiger partial charge is 0.417 e. The Morgan fingerprint density at radius 1 is 1.24 bits per heavy atom. The molecule has 156 valence electrons. The van der Waals surface area contributed by atoms with E-state index in [1.54, 1.807) is 21.1 Å². The lowest BCUT2D eigenvalue weighted by molar-refractivity contribution is -0.138. The number of alkyl halides is 3. The molecule has 29 heavy (non-hydrogen) atoms. The minimum atomic E-state index is -4.48. The number of hydrogen-bond acceptors (Lipinski definition) is 6. The van der Waals surface area contributed by atoms with Gasteiger partial charge < -0.3 is 9.80 Å². The van der Waals surface area contributed by atoms with Gasteiger partial charge in [-0.05, 0) is 23.9 Å². The van der Waals surface area contributed by atoms with Gasteiger partial charge in [-0.3, -0.25) is 4.79 Å². The van der Waals surface area contributed by atoms with Crippen molar-refractivity contribution in [3.8, 4) is 0 Å². The van der Waals surface area contributed by atoms with E-state index in [1.807, 2.05) is 17.5 Å². The third kappa shape index (κ3) is 4.35. The molecule has 2 aliphatic heterocycles. The lowest BCUT2D eigenvalue weighted by Crippen LogP contribution is -2.54. The standard InChI is InChI=1S/C18H19ClF3N5OS/c19-12-8-11(18(20,21)22)10-23-16(12)26-3-5-27(6-4-26)17(28)14-9-13(24-25-14)15-2-1-7-29-15/h1-2,7-8,10,13-14,24-25H,3-6,9H2. The van der Waals surface area contributed by atoms with Crippen LogP contribution >= 0.6 is 22.9 Å². The van der Waals surface area contributed by atoms with Crippen LogP contribution in [0.4, 0.5) is 19.0 Å². The first-order chi connectivity index (χ1) is 13.8. The van der Waals surface area contributed by atoms with Crippen LogP contribution in [0.3, 0.4) is 0 Å². The first kappa shape index (κ1) is 20.4. The van der Waals surface area contributed by atoms with Gasteiger partial charge in [0.05, 0.1) is 16.6 Å². The Labute approximate surface area is 174 Å². The number of carbonyl (C=O) groups excluding carboxylic acids is 1. The molecule has 1 amide bonds. The molecule has 2 aliphatic rings. The van der Waals surface area contributed by atoms with Gasteiger partial charge in [-0.15, -0.1) is 11.3 Å². The average molecular weight is 446 g/mol. The van der Waals surface area contributed by atoms with Crippen LogP contribution in [0.1, 0.15) is 22.9 Å². The van der Waals surface area contributed by atoms with Crippen molar-refractivity contribution in [2.24, 2.45) is 0 Å². The smallest absolute Gasteiger partial charge is 0.352 e. The zero-order valence-electron chi connectivity index (χ0n) is 15.2. The van der Waals surface area contributed by atoms with Crippen molar-refractivity contribution in [3.63, 3.8) is 0 Å². The van der Waals surface area contributed by atoms with Crippen molar-refractivity contribution in [1.29, 1.82) is 0 Å². The van der Waals surface area contributed by atoms with Gasteiger partial charge in [0.25, 0.3) is 0 Å². The van der Waals surface area contributed by atoms with Crippen LogP contribution in [-0.4, -0.2) is 48.0 Å². The molecule has 6 nitrogen and oxygen atoms in total. The van der Waals surface area contributed by atoms with Gasteiger partial charge in [-0.25, -0.2) is 15.8 Å². The van der Waals surface area contributed by atoms with Gasteiger partial charge in [0.2, 0.25) is 5.91 Å². The van der Waals surface area contributed by atoms with E-state index in [4.69, 9.17) is 11.6 Å². The number of nitrogens with one attached hydrogen (secondary N) is 2. The lowest BCUT2D eigenvalue weighted by atomic mass is 10.1. The Balaban J connectivity index is 1.34. The summed E-state index contributed by atoms with van der Waals surface area (Å²) in [7, 11) is 0. The van der Waals surface area contributed by atoms with Crippen LogP contribution in [0, 0.1) is 0 Å². The molecule has 0 spiro atoms. The molecule has 11 heteroatoms. The minimum Gasteiger partial charge on any atom is -0.352 e. The van der Waals surface area contributed by atoms with Crippen LogP contribution in [0.5, 0.6) is 0 Å². The quantitative estimate of drug-likeness (QED) is 0.760. The van der Waals surface area contributed by atoms with Crippen molar-refractivity contribution in [2.45, 2.75) is 24.7 Å². The van der Waals surface area contributed by atoms with Crippen molar-refractivity contribution < 1.29 is 18.0 Å². The van der Waals surface area contributed by atoms with Crippen LogP contribution in [0.2, 0.25) is 5.02 Å². The number of pyridine rings is 1. The number of thiophene rings is 1. The lowest BCUT2D eigenvalue weighted by Gasteiger charge is -2.36. The highest BCUT2D eigenvalue weighted by Crippen LogP contribution is 2.34. The van der Waals surface area contributed by atoms with E-state index in [9.17, 15) is 18.0 Å². The summed E-state index contributed by atoms with van der Waals surface area (Å²) >= 11 is 7.68. The zero-order chi connectivity index (χ0) is 20.6. The third-order valence-electron chi connectivity index (χ3n) is 5.13. The fourth-order valence-electron chi connectivity index (χ4n) is 3.57. The van der Waals surface area contributed by atoms with Crippen LogP contribution in [-0.2, 0) is 11.0 Å². The predicted octanol–water partition coefficient (Wildman–Crippen LogP) is 3.07. The summed E-state index contributed by atoms with van der Waals surface area (Å²) < 4.78 is 38.3. The Kier molecular flexibility index (Phi) is 5.69. The molecule has 2 fully saturated rings. The number of nitrogens with zero attached hydrogens (tertiary/aromatic N) is 3. The fourth-order valence-corrected chi connectivity index (χ4v) is 4.65. The van der Waals surface area contributed by atoms with E-state index in [1.165, 1.54) is 4.88 Å². The van der Waals surface area contributed by atoms with Crippen LogP contribution in [0.15, 0.2) is 29.8 Å². The highest BCUT2D eigenvalue weighted by molar-refractivity contribution is 7.10. The summed E-state index contributed by atoms with van der Waals surface area (Å²) in [6.45, 7) is 1.83. The summed E-state index contributed by atoms with van der Waals surface area (Å²) in [4.78, 5) is 21.5. The summed E-state index contributed by atoms with van der Waals surface area (Å²) in [6.07, 6.45) is -3.02. The van der Waals surface area contributed by atoms with Gasteiger partial charge in [0.15, 0.2) is 0 Å². The Morgan fingerprint density at radius 3 is 2.62 bits per heavy atom. The molecule has 0 radical (unpaired) electrons. The van der Waals surface area contributed by atoms with Crippen molar-refractivity contribution in [2.75, 3.05) is 31.1 Å². The molecule has 2 N–H and O–H groups in total. The Hall–Kier alpha value is -1.88. The topological polar surface area (TPSA) is 60.5 Å². The summed E-state index contributed by atoms with van der Waals surface area (Å²) in [5, 5.41) is 1.96. The summed E-state index contributed by atoms with van der Waals surface area (Å²) in [5.74, 6) is 0.327. The van der Waals surface area contributed by atoms with E-state index < -0.39 is 11.7 Å². The number of aromatic nitrogens is 1. The predicted molar refractivity (Wildman–Crippen MR) is 105 cm³/mol. The second-order valence-electron chi connectivity index (χ2n) is 6.98. The number of halogens is 4. The number of amides is 1. The Bertz CT molecular complexity index is 871. The second-order valence-corrected chi connectivity index (χ2v) is 8.37. The Morgan fingerprint density at radius 2 is 2.00 bits per heavy atom. The molecular weight excluding hydrogens is 427 g/mol. The van der Waals surface area contributed by atoms with Gasteiger partial charge >= 0.3 is 6.18 Å². The third-order valence-corrected chi connectivity index (χ3v) is 6.39. The average Bonchev–Trinajstić information content (AvgIpc) is 3.38. The normalized spacial score (nSPS) is 22.9. The SMILES string of the molecule is O=C(C1CC(c2cccs2)NN1)N1CCN(c2ncc(C(F)(F)F)cc2Cl)CC1. The van der Waals surface area contributed by atoms with E-state index in [-0.39, 0.29) is 23.0 Å². The van der Waals surface area contributed by atoms with Crippen LogP contribution in [0.25, 0.3) is 0 Å². The first-order valence-electron chi connectivity index (χ1n) is 9.14. The molecule has 2 atom stereocenters. The van der Waals surface area contributed by atoms with E-state index in [0.717, 1.165) is 12.3 Å².